The Morgan fingerprint density at radius 2 is 2.07 bits per heavy atom. The summed E-state index contributed by atoms with van der Waals surface area (Å²) < 4.78 is 71.5. The molecular formula is C16H18F3N5O4S. The molecule has 0 amide bonds. The van der Waals surface area contributed by atoms with E-state index >= 15 is 0 Å². The molecule has 1 aliphatic heterocycles. The van der Waals surface area contributed by atoms with Crippen LogP contribution in [0.4, 0.5) is 13.2 Å². The van der Waals surface area contributed by atoms with Crippen LogP contribution in [0.25, 0.3) is 11.5 Å². The summed E-state index contributed by atoms with van der Waals surface area (Å²) in [7, 11) is -3.70. The number of rotatable bonds is 5. The maximum atomic E-state index is 12.4. The van der Waals surface area contributed by atoms with Crippen molar-refractivity contribution in [2.24, 2.45) is 10.6 Å². The molecule has 1 saturated carbocycles. The standard InChI is InChI=1S/C16H18F3N5O4S/c17-16(18,19)9-27-13-10(2-1-5-21-13)14-22-12(23-28-14)11-8-15(11)3-6-24(7-4-15)29(20,25)26/h1-2,5,11H,3-4,6-9H2,(H2,20,25,26)/t11-/m0/s1. The quantitative estimate of drug-likeness (QED) is 0.763. The van der Waals surface area contributed by atoms with E-state index in [1.54, 1.807) is 0 Å². The van der Waals surface area contributed by atoms with Crippen LogP contribution in [-0.4, -0.2) is 53.7 Å². The molecule has 2 aliphatic rings. The predicted octanol–water partition coefficient (Wildman–Crippen LogP) is 1.85. The van der Waals surface area contributed by atoms with Crippen molar-refractivity contribution in [1.29, 1.82) is 0 Å². The number of alkyl halides is 3. The highest BCUT2D eigenvalue weighted by atomic mass is 32.2. The van der Waals surface area contributed by atoms with Crippen molar-refractivity contribution in [3.05, 3.63) is 24.2 Å². The number of hydrogen-bond acceptors (Lipinski definition) is 7. The molecule has 1 saturated heterocycles. The number of aromatic nitrogens is 3. The molecule has 0 bridgehead atoms. The van der Waals surface area contributed by atoms with E-state index in [0.717, 1.165) is 6.42 Å². The Kier molecular flexibility index (Phi) is 4.78. The summed E-state index contributed by atoms with van der Waals surface area (Å²) in [6.07, 6.45) is -1.15. The molecular weight excluding hydrogens is 415 g/mol. The molecule has 13 heteroatoms. The van der Waals surface area contributed by atoms with Crippen LogP contribution in [0.1, 0.15) is 31.0 Å². The van der Waals surface area contributed by atoms with E-state index in [9.17, 15) is 21.6 Å². The highest BCUT2D eigenvalue weighted by molar-refractivity contribution is 7.86. The Labute approximate surface area is 164 Å². The van der Waals surface area contributed by atoms with Gasteiger partial charge in [0.1, 0.15) is 5.56 Å². The first-order valence-corrected chi connectivity index (χ1v) is 10.3. The van der Waals surface area contributed by atoms with Crippen molar-refractivity contribution >= 4 is 10.2 Å². The fraction of sp³-hybridized carbons (Fsp3) is 0.562. The maximum Gasteiger partial charge on any atom is 0.422 e. The van der Waals surface area contributed by atoms with Gasteiger partial charge in [-0.25, -0.2) is 10.1 Å². The largest absolute Gasteiger partial charge is 0.467 e. The van der Waals surface area contributed by atoms with Gasteiger partial charge in [0.2, 0.25) is 5.88 Å². The van der Waals surface area contributed by atoms with E-state index in [1.807, 2.05) is 0 Å². The van der Waals surface area contributed by atoms with Gasteiger partial charge in [-0.1, -0.05) is 5.16 Å². The summed E-state index contributed by atoms with van der Waals surface area (Å²) in [5.41, 5.74) is 0.0709. The number of piperidine rings is 1. The van der Waals surface area contributed by atoms with Crippen molar-refractivity contribution < 1.29 is 30.8 Å². The smallest absolute Gasteiger partial charge is 0.422 e. The maximum absolute atomic E-state index is 12.4. The topological polar surface area (TPSA) is 124 Å². The molecule has 3 heterocycles. The molecule has 0 radical (unpaired) electrons. The van der Waals surface area contributed by atoms with Crippen molar-refractivity contribution in [3.8, 4) is 17.3 Å². The lowest BCUT2D eigenvalue weighted by Crippen LogP contribution is -2.43. The lowest BCUT2D eigenvalue weighted by atomic mass is 9.92. The van der Waals surface area contributed by atoms with E-state index in [0.29, 0.717) is 31.8 Å². The summed E-state index contributed by atoms with van der Waals surface area (Å²) >= 11 is 0. The molecule has 0 unspecified atom stereocenters. The van der Waals surface area contributed by atoms with Gasteiger partial charge in [0, 0.05) is 25.2 Å². The molecule has 1 atom stereocenters. The minimum atomic E-state index is -4.50. The number of nitrogens with zero attached hydrogens (tertiary/aromatic N) is 4. The summed E-state index contributed by atoms with van der Waals surface area (Å²) in [5, 5.41) is 9.14. The van der Waals surface area contributed by atoms with Crippen molar-refractivity contribution in [2.75, 3.05) is 19.7 Å². The molecule has 158 valence electrons. The van der Waals surface area contributed by atoms with E-state index < -0.39 is 23.0 Å². The Hall–Kier alpha value is -2.25. The van der Waals surface area contributed by atoms with Crippen LogP contribution < -0.4 is 9.88 Å². The number of halogens is 3. The molecule has 0 aromatic carbocycles. The van der Waals surface area contributed by atoms with Crippen LogP contribution in [0, 0.1) is 5.41 Å². The van der Waals surface area contributed by atoms with Gasteiger partial charge in [0.25, 0.3) is 16.1 Å². The van der Waals surface area contributed by atoms with E-state index in [4.69, 9.17) is 14.4 Å². The Balaban J connectivity index is 1.47. The molecule has 9 nitrogen and oxygen atoms in total. The number of ether oxygens (including phenoxy) is 1. The fourth-order valence-corrected chi connectivity index (χ4v) is 4.45. The third kappa shape index (κ3) is 4.21. The Morgan fingerprint density at radius 1 is 1.34 bits per heavy atom. The summed E-state index contributed by atoms with van der Waals surface area (Å²) in [6, 6.07) is 3.02. The van der Waals surface area contributed by atoms with Gasteiger partial charge in [-0.2, -0.15) is 30.9 Å². The molecule has 1 aliphatic carbocycles. The molecule has 2 fully saturated rings. The van der Waals surface area contributed by atoms with Gasteiger partial charge < -0.3 is 9.26 Å². The second-order valence-corrected chi connectivity index (χ2v) is 8.83. The molecule has 2 aromatic heterocycles. The van der Waals surface area contributed by atoms with Crippen LogP contribution in [0.2, 0.25) is 0 Å². The van der Waals surface area contributed by atoms with Crippen LogP contribution in [0.5, 0.6) is 5.88 Å². The Bertz CT molecular complexity index is 1000. The summed E-state index contributed by atoms with van der Waals surface area (Å²) in [6.45, 7) is -0.819. The van der Waals surface area contributed by atoms with Crippen LogP contribution in [0.3, 0.4) is 0 Å². The number of pyridine rings is 1. The molecule has 29 heavy (non-hydrogen) atoms. The third-order valence-electron chi connectivity index (χ3n) is 5.40. The summed E-state index contributed by atoms with van der Waals surface area (Å²) in [4.78, 5) is 8.15. The highest BCUT2D eigenvalue weighted by Crippen LogP contribution is 2.64. The lowest BCUT2D eigenvalue weighted by molar-refractivity contribution is -0.154. The van der Waals surface area contributed by atoms with Crippen LogP contribution in [-0.2, 0) is 10.2 Å². The van der Waals surface area contributed by atoms with Gasteiger partial charge in [-0.15, -0.1) is 0 Å². The first-order chi connectivity index (χ1) is 13.6. The number of hydrogen-bond donors (Lipinski definition) is 1. The van der Waals surface area contributed by atoms with E-state index in [2.05, 4.69) is 15.1 Å². The zero-order valence-electron chi connectivity index (χ0n) is 15.1. The van der Waals surface area contributed by atoms with Crippen molar-refractivity contribution in [1.82, 2.24) is 19.4 Å². The molecule has 2 aromatic rings. The van der Waals surface area contributed by atoms with E-state index in [1.165, 1.54) is 22.6 Å². The van der Waals surface area contributed by atoms with Gasteiger partial charge in [0.15, 0.2) is 12.4 Å². The van der Waals surface area contributed by atoms with Gasteiger partial charge >= 0.3 is 6.18 Å². The lowest BCUT2D eigenvalue weighted by Gasteiger charge is -2.30. The SMILES string of the molecule is NS(=O)(=O)N1CCC2(CC1)C[C@H]2c1noc(-c2cccnc2OCC(F)(F)F)n1. The average Bonchev–Trinajstić information content (AvgIpc) is 3.12. The molecule has 4 rings (SSSR count). The first-order valence-electron chi connectivity index (χ1n) is 8.84. The average molecular weight is 433 g/mol. The monoisotopic (exact) mass is 433 g/mol. The highest BCUT2D eigenvalue weighted by Gasteiger charge is 2.58. The zero-order chi connectivity index (χ0) is 20.9. The Morgan fingerprint density at radius 3 is 2.72 bits per heavy atom. The van der Waals surface area contributed by atoms with Crippen molar-refractivity contribution in [3.63, 3.8) is 0 Å². The predicted molar refractivity (Wildman–Crippen MR) is 92.8 cm³/mol. The first kappa shape index (κ1) is 20.0. The second kappa shape index (κ2) is 6.92. The molecule has 1 spiro atoms. The van der Waals surface area contributed by atoms with Crippen LogP contribution in [0.15, 0.2) is 22.9 Å². The fourth-order valence-electron chi connectivity index (χ4n) is 3.76. The minimum absolute atomic E-state index is 0.00107. The minimum Gasteiger partial charge on any atom is -0.467 e. The zero-order valence-corrected chi connectivity index (χ0v) is 15.9. The third-order valence-corrected chi connectivity index (χ3v) is 6.48. The summed E-state index contributed by atoms with van der Waals surface area (Å²) in [5.74, 6) is 0.217. The van der Waals surface area contributed by atoms with Crippen LogP contribution >= 0.6 is 0 Å². The number of nitrogens with two attached hydrogens (primary N) is 1. The van der Waals surface area contributed by atoms with Gasteiger partial charge in [0.05, 0.1) is 0 Å². The second-order valence-electron chi connectivity index (χ2n) is 7.28. The van der Waals surface area contributed by atoms with E-state index in [-0.39, 0.29) is 28.7 Å². The van der Waals surface area contributed by atoms with Crippen molar-refractivity contribution in [2.45, 2.75) is 31.4 Å². The molecule has 2 N–H and O–H groups in total. The normalized spacial score (nSPS) is 22.0. The van der Waals surface area contributed by atoms with Gasteiger partial charge in [-0.05, 0) is 36.8 Å². The van der Waals surface area contributed by atoms with Gasteiger partial charge in [-0.3, -0.25) is 0 Å².